The summed E-state index contributed by atoms with van der Waals surface area (Å²) < 4.78 is 0. The van der Waals surface area contributed by atoms with E-state index in [1.54, 1.807) is 18.0 Å². The molecule has 0 spiro atoms. The number of nitriles is 1. The van der Waals surface area contributed by atoms with Crippen molar-refractivity contribution in [3.05, 3.63) is 41.7 Å². The molecule has 0 aliphatic rings. The number of nitrogens with zero attached hydrogens (tertiary/aromatic N) is 2. The van der Waals surface area contributed by atoms with E-state index in [2.05, 4.69) is 28.5 Å². The second kappa shape index (κ2) is 6.30. The normalized spacial score (nSPS) is 11.8. The van der Waals surface area contributed by atoms with Crippen LogP contribution in [0.25, 0.3) is 0 Å². The first kappa shape index (κ1) is 13.5. The minimum Gasteiger partial charge on any atom is -0.377 e. The van der Waals surface area contributed by atoms with Crippen molar-refractivity contribution in [2.75, 3.05) is 11.1 Å². The molecule has 0 radical (unpaired) electrons. The van der Waals surface area contributed by atoms with Crippen molar-refractivity contribution in [2.45, 2.75) is 24.8 Å². The van der Waals surface area contributed by atoms with Gasteiger partial charge in [-0.2, -0.15) is 10.4 Å². The van der Waals surface area contributed by atoms with Crippen molar-refractivity contribution in [1.82, 2.24) is 10.2 Å². The molecule has 19 heavy (non-hydrogen) atoms. The Kier molecular flexibility index (Phi) is 4.48. The Bertz CT molecular complexity index is 572. The van der Waals surface area contributed by atoms with E-state index < -0.39 is 0 Å². The summed E-state index contributed by atoms with van der Waals surface area (Å²) in [5, 5.41) is 19.5. The number of nitrogens with one attached hydrogen (secondary N) is 2. The van der Waals surface area contributed by atoms with Gasteiger partial charge in [0.05, 0.1) is 23.5 Å². The highest BCUT2D eigenvalue weighted by Gasteiger charge is 2.12. The van der Waals surface area contributed by atoms with Crippen molar-refractivity contribution in [3.63, 3.8) is 0 Å². The summed E-state index contributed by atoms with van der Waals surface area (Å²) >= 11 is 1.68. The quantitative estimate of drug-likeness (QED) is 0.817. The molecular weight excluding hydrogens is 256 g/mol. The van der Waals surface area contributed by atoms with Gasteiger partial charge in [0.1, 0.15) is 6.07 Å². The van der Waals surface area contributed by atoms with Crippen LogP contribution in [0.15, 0.2) is 35.5 Å². The van der Waals surface area contributed by atoms with Gasteiger partial charge in [0.2, 0.25) is 0 Å². The second-order valence-electron chi connectivity index (χ2n) is 4.12. The molecule has 1 heterocycles. The molecule has 1 unspecified atom stereocenters. The number of hydrogen-bond donors (Lipinski definition) is 2. The standard InChI is InChI=1S/C14H16N4S/c1-3-19-14-6-4-5-13(12(14)7-15)18-10(2)11-8-16-17-9-11/h4-6,8-10,18H,3H2,1-2H3,(H,16,17). The number of H-pyrrole nitrogens is 1. The van der Waals surface area contributed by atoms with Gasteiger partial charge in [-0.25, -0.2) is 0 Å². The van der Waals surface area contributed by atoms with Gasteiger partial charge in [-0.15, -0.1) is 11.8 Å². The van der Waals surface area contributed by atoms with Gasteiger partial charge < -0.3 is 5.32 Å². The average molecular weight is 272 g/mol. The number of hydrogen-bond acceptors (Lipinski definition) is 4. The second-order valence-corrected chi connectivity index (χ2v) is 5.43. The summed E-state index contributed by atoms with van der Waals surface area (Å²) in [5.41, 5.74) is 2.65. The predicted molar refractivity (Wildman–Crippen MR) is 78.2 cm³/mol. The Hall–Kier alpha value is -1.93. The third-order valence-electron chi connectivity index (χ3n) is 2.83. The van der Waals surface area contributed by atoms with Crippen molar-refractivity contribution in [2.24, 2.45) is 0 Å². The van der Waals surface area contributed by atoms with Crippen molar-refractivity contribution < 1.29 is 0 Å². The fraction of sp³-hybridized carbons (Fsp3) is 0.286. The van der Waals surface area contributed by atoms with Crippen molar-refractivity contribution >= 4 is 17.4 Å². The Morgan fingerprint density at radius 2 is 2.37 bits per heavy atom. The van der Waals surface area contributed by atoms with Gasteiger partial charge in [0, 0.05) is 16.7 Å². The number of aromatic amines is 1. The minimum atomic E-state index is 0.104. The maximum absolute atomic E-state index is 9.35. The molecule has 2 aromatic rings. The fourth-order valence-corrected chi connectivity index (χ4v) is 2.64. The molecule has 2 N–H and O–H groups in total. The highest BCUT2D eigenvalue weighted by molar-refractivity contribution is 7.99. The van der Waals surface area contributed by atoms with E-state index in [4.69, 9.17) is 0 Å². The van der Waals surface area contributed by atoms with Crippen LogP contribution < -0.4 is 5.32 Å². The molecule has 0 fully saturated rings. The van der Waals surface area contributed by atoms with Crippen molar-refractivity contribution in [3.8, 4) is 6.07 Å². The zero-order valence-corrected chi connectivity index (χ0v) is 11.8. The first-order valence-electron chi connectivity index (χ1n) is 6.17. The van der Waals surface area contributed by atoms with Crippen LogP contribution in [0.4, 0.5) is 5.69 Å². The van der Waals surface area contributed by atoms with Gasteiger partial charge in [0.25, 0.3) is 0 Å². The summed E-state index contributed by atoms with van der Waals surface area (Å²) in [6.45, 7) is 4.13. The maximum atomic E-state index is 9.35. The molecule has 0 saturated carbocycles. The van der Waals surface area contributed by atoms with Crippen LogP contribution in [0, 0.1) is 11.3 Å². The van der Waals surface area contributed by atoms with E-state index in [0.29, 0.717) is 5.56 Å². The van der Waals surface area contributed by atoms with Crippen LogP contribution in [-0.4, -0.2) is 16.0 Å². The summed E-state index contributed by atoms with van der Waals surface area (Å²) in [6.07, 6.45) is 3.64. The Morgan fingerprint density at radius 1 is 1.53 bits per heavy atom. The van der Waals surface area contributed by atoms with Gasteiger partial charge in [-0.3, -0.25) is 5.10 Å². The topological polar surface area (TPSA) is 64.5 Å². The van der Waals surface area contributed by atoms with Crippen LogP contribution in [0.3, 0.4) is 0 Å². The molecule has 1 aromatic heterocycles. The summed E-state index contributed by atoms with van der Waals surface area (Å²) in [5.74, 6) is 0.954. The Balaban J connectivity index is 2.25. The number of aromatic nitrogens is 2. The van der Waals surface area contributed by atoms with Crippen molar-refractivity contribution in [1.29, 1.82) is 5.26 Å². The van der Waals surface area contributed by atoms with E-state index in [1.165, 1.54) is 0 Å². The van der Waals surface area contributed by atoms with Crippen LogP contribution in [0.1, 0.15) is 31.0 Å². The zero-order valence-electron chi connectivity index (χ0n) is 11.0. The molecule has 5 heteroatoms. The first-order chi connectivity index (χ1) is 9.26. The summed E-state index contributed by atoms with van der Waals surface area (Å²) in [4.78, 5) is 1.02. The van der Waals surface area contributed by atoms with Crippen LogP contribution in [0.5, 0.6) is 0 Å². The smallest absolute Gasteiger partial charge is 0.102 e. The molecule has 1 atom stereocenters. The highest BCUT2D eigenvalue weighted by Crippen LogP contribution is 2.29. The Labute approximate surface area is 117 Å². The first-order valence-corrected chi connectivity index (χ1v) is 7.16. The van der Waals surface area contributed by atoms with E-state index >= 15 is 0 Å². The molecule has 0 aliphatic carbocycles. The lowest BCUT2D eigenvalue weighted by atomic mass is 10.1. The molecular formula is C14H16N4S. The lowest BCUT2D eigenvalue weighted by Gasteiger charge is -2.16. The lowest BCUT2D eigenvalue weighted by molar-refractivity contribution is 0.884. The molecule has 0 saturated heterocycles. The van der Waals surface area contributed by atoms with Crippen LogP contribution >= 0.6 is 11.8 Å². The predicted octanol–water partition coefficient (Wildman–Crippen LogP) is 3.57. The van der Waals surface area contributed by atoms with Gasteiger partial charge >= 0.3 is 0 Å². The zero-order chi connectivity index (χ0) is 13.7. The summed E-state index contributed by atoms with van der Waals surface area (Å²) in [7, 11) is 0. The maximum Gasteiger partial charge on any atom is 0.102 e. The number of benzene rings is 1. The third kappa shape index (κ3) is 3.09. The molecule has 2 rings (SSSR count). The minimum absolute atomic E-state index is 0.104. The molecule has 0 amide bonds. The number of thioether (sulfide) groups is 1. The molecule has 1 aromatic carbocycles. The average Bonchev–Trinajstić information content (AvgIpc) is 2.93. The van der Waals surface area contributed by atoms with E-state index in [1.807, 2.05) is 31.3 Å². The molecule has 0 bridgehead atoms. The van der Waals surface area contributed by atoms with Gasteiger partial charge in [-0.05, 0) is 24.8 Å². The SMILES string of the molecule is CCSc1cccc(NC(C)c2cn[nH]c2)c1C#N. The largest absolute Gasteiger partial charge is 0.377 e. The van der Waals surface area contributed by atoms with Crippen LogP contribution in [-0.2, 0) is 0 Å². The molecule has 4 nitrogen and oxygen atoms in total. The van der Waals surface area contributed by atoms with E-state index in [9.17, 15) is 5.26 Å². The van der Waals surface area contributed by atoms with Gasteiger partial charge in [-0.1, -0.05) is 13.0 Å². The molecule has 98 valence electrons. The molecule has 0 aliphatic heterocycles. The highest BCUT2D eigenvalue weighted by atomic mass is 32.2. The fourth-order valence-electron chi connectivity index (χ4n) is 1.86. The van der Waals surface area contributed by atoms with E-state index in [-0.39, 0.29) is 6.04 Å². The summed E-state index contributed by atoms with van der Waals surface area (Å²) in [6, 6.07) is 8.30. The van der Waals surface area contributed by atoms with E-state index in [0.717, 1.165) is 21.9 Å². The third-order valence-corrected chi connectivity index (χ3v) is 3.77. The lowest BCUT2D eigenvalue weighted by Crippen LogP contribution is -2.07. The van der Waals surface area contributed by atoms with Crippen LogP contribution in [0.2, 0.25) is 0 Å². The van der Waals surface area contributed by atoms with Gasteiger partial charge in [0.15, 0.2) is 0 Å². The monoisotopic (exact) mass is 272 g/mol. The number of anilines is 1. The number of rotatable bonds is 5. The Morgan fingerprint density at radius 3 is 3.00 bits per heavy atom.